The van der Waals surface area contributed by atoms with Gasteiger partial charge in [-0.15, -0.1) is 5.10 Å². The van der Waals surface area contributed by atoms with Gasteiger partial charge in [-0.25, -0.2) is 5.10 Å². The number of aromatic amines is 1. The van der Waals surface area contributed by atoms with Crippen LogP contribution in [-0.4, -0.2) is 25.2 Å². The smallest absolute Gasteiger partial charge is 0.251 e. The van der Waals surface area contributed by atoms with E-state index >= 15 is 0 Å². The summed E-state index contributed by atoms with van der Waals surface area (Å²) in [5.41, 5.74) is 5.31. The molecule has 0 saturated carbocycles. The first-order valence-electron chi connectivity index (χ1n) is 9.87. The van der Waals surface area contributed by atoms with E-state index in [9.17, 15) is 4.79 Å². The first-order chi connectivity index (χ1) is 14.3. The monoisotopic (exact) mass is 385 g/mol. The summed E-state index contributed by atoms with van der Waals surface area (Å²) in [6.07, 6.45) is 3.11. The van der Waals surface area contributed by atoms with Crippen LogP contribution in [-0.2, 0) is 13.0 Å². The molecule has 4 rings (SSSR count). The van der Waals surface area contributed by atoms with Crippen molar-refractivity contribution in [3.05, 3.63) is 88.3 Å². The van der Waals surface area contributed by atoms with E-state index in [4.69, 9.17) is 0 Å². The number of benzene rings is 2. The van der Waals surface area contributed by atoms with Gasteiger partial charge in [0.15, 0.2) is 5.82 Å². The van der Waals surface area contributed by atoms with Gasteiger partial charge in [0.2, 0.25) is 0 Å². The Kier molecular flexibility index (Phi) is 5.61. The molecular formula is C23H23N5O. The molecule has 4 aromatic rings. The lowest BCUT2D eigenvalue weighted by molar-refractivity contribution is 0.667. The molecule has 2 aromatic heterocycles. The van der Waals surface area contributed by atoms with Crippen molar-refractivity contribution >= 4 is 0 Å². The molecule has 0 unspecified atom stereocenters. The van der Waals surface area contributed by atoms with Crippen LogP contribution in [0.5, 0.6) is 0 Å². The van der Waals surface area contributed by atoms with Crippen LogP contribution >= 0.6 is 0 Å². The number of H-pyrrole nitrogens is 1. The first-order valence-corrected chi connectivity index (χ1v) is 9.87. The minimum absolute atomic E-state index is 0.0471. The Morgan fingerprint density at radius 1 is 0.931 bits per heavy atom. The minimum Gasteiger partial charge on any atom is -0.308 e. The molecule has 0 spiro atoms. The van der Waals surface area contributed by atoms with Gasteiger partial charge in [-0.3, -0.25) is 4.79 Å². The van der Waals surface area contributed by atoms with Crippen molar-refractivity contribution in [3.8, 4) is 22.5 Å². The van der Waals surface area contributed by atoms with E-state index in [2.05, 4.69) is 57.9 Å². The molecule has 2 aromatic carbocycles. The third kappa shape index (κ3) is 4.16. The summed E-state index contributed by atoms with van der Waals surface area (Å²) in [4.78, 5) is 12.4. The number of hydrogen-bond acceptors (Lipinski definition) is 4. The number of nitrogens with one attached hydrogen (secondary N) is 1. The number of hydrogen-bond donors (Lipinski definition) is 1. The topological polar surface area (TPSA) is 76.5 Å². The molecular weight excluding hydrogens is 362 g/mol. The second-order valence-electron chi connectivity index (χ2n) is 7.04. The van der Waals surface area contributed by atoms with Crippen molar-refractivity contribution in [2.24, 2.45) is 0 Å². The molecule has 0 fully saturated rings. The fraction of sp³-hybridized carbons (Fsp3) is 0.217. The standard InChI is InChI=1S/C23H23N5O/c1-2-3-7-19-8-6-11-22(29)28(19)16-17-12-14-18(15-13-17)20-9-4-5-10-21(20)23-24-26-27-25-23/h4-6,8-15H,2-3,7,16H2,1H3,(H,24,25,26,27). The fourth-order valence-corrected chi connectivity index (χ4v) is 3.51. The van der Waals surface area contributed by atoms with Gasteiger partial charge in [0.05, 0.1) is 6.54 Å². The molecule has 0 saturated heterocycles. The summed E-state index contributed by atoms with van der Waals surface area (Å²) < 4.78 is 1.87. The maximum Gasteiger partial charge on any atom is 0.251 e. The molecule has 0 bridgehead atoms. The Morgan fingerprint density at radius 2 is 1.72 bits per heavy atom. The van der Waals surface area contributed by atoms with E-state index < -0.39 is 0 Å². The SMILES string of the molecule is CCCCc1cccc(=O)n1Cc1ccc(-c2ccccc2-c2nnn[nH]2)cc1. The molecule has 146 valence electrons. The summed E-state index contributed by atoms with van der Waals surface area (Å²) in [6.45, 7) is 2.74. The van der Waals surface area contributed by atoms with Crippen LogP contribution in [0.3, 0.4) is 0 Å². The van der Waals surface area contributed by atoms with E-state index in [-0.39, 0.29) is 5.56 Å². The van der Waals surface area contributed by atoms with Gasteiger partial charge in [0.1, 0.15) is 0 Å². The molecule has 0 aliphatic carbocycles. The number of pyridine rings is 1. The van der Waals surface area contributed by atoms with Gasteiger partial charge in [-0.1, -0.05) is 67.9 Å². The molecule has 0 radical (unpaired) electrons. The third-order valence-corrected chi connectivity index (χ3v) is 5.06. The number of unbranched alkanes of at least 4 members (excludes halogenated alkanes) is 1. The first kappa shape index (κ1) is 18.8. The van der Waals surface area contributed by atoms with E-state index in [1.165, 1.54) is 0 Å². The van der Waals surface area contributed by atoms with Crippen LogP contribution in [0.25, 0.3) is 22.5 Å². The molecule has 6 nitrogen and oxygen atoms in total. The Balaban J connectivity index is 1.62. The van der Waals surface area contributed by atoms with Gasteiger partial charge >= 0.3 is 0 Å². The van der Waals surface area contributed by atoms with Crippen molar-refractivity contribution in [1.29, 1.82) is 0 Å². The average molecular weight is 385 g/mol. The minimum atomic E-state index is 0.0471. The van der Waals surface area contributed by atoms with Crippen LogP contribution in [0.2, 0.25) is 0 Å². The van der Waals surface area contributed by atoms with Gasteiger partial charge in [0.25, 0.3) is 5.56 Å². The highest BCUT2D eigenvalue weighted by Crippen LogP contribution is 2.29. The van der Waals surface area contributed by atoms with E-state index in [0.29, 0.717) is 12.4 Å². The summed E-state index contributed by atoms with van der Waals surface area (Å²) in [6, 6.07) is 21.9. The quantitative estimate of drug-likeness (QED) is 0.520. The Bertz CT molecular complexity index is 1130. The van der Waals surface area contributed by atoms with Crippen LogP contribution in [0, 0.1) is 0 Å². The second kappa shape index (κ2) is 8.65. The molecule has 6 heteroatoms. The summed E-state index contributed by atoms with van der Waals surface area (Å²) in [5.74, 6) is 0.640. The maximum atomic E-state index is 12.4. The highest BCUT2D eigenvalue weighted by molar-refractivity contribution is 5.80. The summed E-state index contributed by atoms with van der Waals surface area (Å²) in [7, 11) is 0. The predicted octanol–water partition coefficient (Wildman–Crippen LogP) is 4.09. The lowest BCUT2D eigenvalue weighted by atomic mass is 9.98. The number of tetrazole rings is 1. The third-order valence-electron chi connectivity index (χ3n) is 5.06. The van der Waals surface area contributed by atoms with E-state index in [1.54, 1.807) is 6.07 Å². The van der Waals surface area contributed by atoms with Crippen molar-refractivity contribution in [2.45, 2.75) is 32.7 Å². The number of rotatable bonds is 7. The van der Waals surface area contributed by atoms with Crippen LogP contribution in [0.1, 0.15) is 31.0 Å². The van der Waals surface area contributed by atoms with Crippen LogP contribution in [0.4, 0.5) is 0 Å². The summed E-state index contributed by atoms with van der Waals surface area (Å²) >= 11 is 0. The molecule has 0 atom stereocenters. The molecule has 0 aliphatic rings. The molecule has 1 N–H and O–H groups in total. The zero-order valence-corrected chi connectivity index (χ0v) is 16.4. The van der Waals surface area contributed by atoms with Crippen molar-refractivity contribution < 1.29 is 0 Å². The van der Waals surface area contributed by atoms with Crippen molar-refractivity contribution in [1.82, 2.24) is 25.2 Å². The Labute approximate surface area is 169 Å². The van der Waals surface area contributed by atoms with E-state index in [1.807, 2.05) is 34.9 Å². The normalized spacial score (nSPS) is 10.9. The maximum absolute atomic E-state index is 12.4. The highest BCUT2D eigenvalue weighted by atomic mass is 16.1. The van der Waals surface area contributed by atoms with Crippen LogP contribution in [0.15, 0.2) is 71.5 Å². The molecule has 0 aliphatic heterocycles. The van der Waals surface area contributed by atoms with Crippen molar-refractivity contribution in [3.63, 3.8) is 0 Å². The predicted molar refractivity (Wildman–Crippen MR) is 113 cm³/mol. The molecule has 0 amide bonds. The van der Waals surface area contributed by atoms with Crippen molar-refractivity contribution in [2.75, 3.05) is 0 Å². The van der Waals surface area contributed by atoms with Gasteiger partial charge < -0.3 is 4.57 Å². The van der Waals surface area contributed by atoms with E-state index in [0.717, 1.165) is 47.2 Å². The highest BCUT2D eigenvalue weighted by Gasteiger charge is 2.10. The zero-order chi connectivity index (χ0) is 20.1. The summed E-state index contributed by atoms with van der Waals surface area (Å²) in [5, 5.41) is 14.2. The second-order valence-corrected chi connectivity index (χ2v) is 7.04. The Hall–Kier alpha value is -3.54. The fourth-order valence-electron chi connectivity index (χ4n) is 3.51. The molecule has 29 heavy (non-hydrogen) atoms. The lowest BCUT2D eigenvalue weighted by Crippen LogP contribution is -2.23. The number of aromatic nitrogens is 5. The number of aryl methyl sites for hydroxylation is 1. The average Bonchev–Trinajstić information content (AvgIpc) is 3.29. The van der Waals surface area contributed by atoms with Gasteiger partial charge in [0, 0.05) is 17.3 Å². The largest absolute Gasteiger partial charge is 0.308 e. The van der Waals surface area contributed by atoms with Gasteiger partial charge in [-0.05, 0) is 46.0 Å². The van der Waals surface area contributed by atoms with Crippen LogP contribution < -0.4 is 5.56 Å². The Morgan fingerprint density at radius 3 is 2.45 bits per heavy atom. The van der Waals surface area contributed by atoms with Gasteiger partial charge in [-0.2, -0.15) is 0 Å². The number of nitrogens with zero attached hydrogens (tertiary/aromatic N) is 4. The lowest BCUT2D eigenvalue weighted by Gasteiger charge is -2.13. The zero-order valence-electron chi connectivity index (χ0n) is 16.4. The molecule has 2 heterocycles.